The molecule has 0 aliphatic carbocycles. The second kappa shape index (κ2) is 7.07. The molecule has 0 radical (unpaired) electrons. The van der Waals surface area contributed by atoms with Gasteiger partial charge in [-0.15, -0.1) is 0 Å². The molecule has 128 valence electrons. The summed E-state index contributed by atoms with van der Waals surface area (Å²) >= 11 is 0. The molecule has 3 aromatic rings. The summed E-state index contributed by atoms with van der Waals surface area (Å²) in [5.74, 6) is -0.453. The third kappa shape index (κ3) is 3.72. The van der Waals surface area contributed by atoms with E-state index in [0.29, 0.717) is 11.3 Å². The van der Waals surface area contributed by atoms with Gasteiger partial charge < -0.3 is 0 Å². The molecule has 0 bridgehead atoms. The smallest absolute Gasteiger partial charge is 0.262 e. The summed E-state index contributed by atoms with van der Waals surface area (Å²) in [5, 5.41) is 0. The summed E-state index contributed by atoms with van der Waals surface area (Å²) in [6, 6.07) is 22.0. The van der Waals surface area contributed by atoms with E-state index in [-0.39, 0.29) is 11.4 Å². The van der Waals surface area contributed by atoms with Crippen LogP contribution in [0.25, 0.3) is 0 Å². The topological polar surface area (TPSA) is 37.4 Å². The molecule has 5 heteroatoms. The van der Waals surface area contributed by atoms with E-state index in [1.54, 1.807) is 31.2 Å². The van der Waals surface area contributed by atoms with E-state index in [4.69, 9.17) is 0 Å². The zero-order valence-electron chi connectivity index (χ0n) is 13.8. The summed E-state index contributed by atoms with van der Waals surface area (Å²) in [6.45, 7) is 1.80. The van der Waals surface area contributed by atoms with Crippen LogP contribution in [0.4, 0.5) is 10.1 Å². The molecule has 0 aliphatic rings. The highest BCUT2D eigenvalue weighted by atomic mass is 32.2. The monoisotopic (exact) mass is 355 g/mol. The van der Waals surface area contributed by atoms with Crippen molar-refractivity contribution in [2.24, 2.45) is 0 Å². The highest BCUT2D eigenvalue weighted by Gasteiger charge is 2.26. The molecule has 0 amide bonds. The third-order valence-corrected chi connectivity index (χ3v) is 5.85. The molecule has 3 nitrogen and oxygen atoms in total. The number of nitrogens with zero attached hydrogens (tertiary/aromatic N) is 1. The maximum Gasteiger partial charge on any atom is 0.264 e. The van der Waals surface area contributed by atoms with Crippen LogP contribution in [0.5, 0.6) is 0 Å². The van der Waals surface area contributed by atoms with Gasteiger partial charge in [-0.3, -0.25) is 4.31 Å². The van der Waals surface area contributed by atoms with Crippen LogP contribution in [0.2, 0.25) is 0 Å². The number of sulfonamides is 1. The van der Waals surface area contributed by atoms with Gasteiger partial charge in [-0.1, -0.05) is 48.5 Å². The quantitative estimate of drug-likeness (QED) is 0.674. The van der Waals surface area contributed by atoms with E-state index in [9.17, 15) is 12.8 Å². The average molecular weight is 355 g/mol. The largest absolute Gasteiger partial charge is 0.264 e. The van der Waals surface area contributed by atoms with Gasteiger partial charge in [-0.25, -0.2) is 12.8 Å². The molecule has 0 saturated heterocycles. The molecular weight excluding hydrogens is 337 g/mol. The van der Waals surface area contributed by atoms with Crippen LogP contribution >= 0.6 is 0 Å². The molecule has 0 saturated carbocycles. The molecule has 0 fully saturated rings. The van der Waals surface area contributed by atoms with Crippen molar-refractivity contribution in [2.45, 2.75) is 18.4 Å². The van der Waals surface area contributed by atoms with Crippen molar-refractivity contribution in [3.05, 3.63) is 95.8 Å². The highest BCUT2D eigenvalue weighted by molar-refractivity contribution is 7.92. The highest BCUT2D eigenvalue weighted by Crippen LogP contribution is 2.27. The van der Waals surface area contributed by atoms with Crippen molar-refractivity contribution in [3.63, 3.8) is 0 Å². The first-order valence-corrected chi connectivity index (χ1v) is 9.30. The Morgan fingerprint density at radius 1 is 0.880 bits per heavy atom. The van der Waals surface area contributed by atoms with Crippen molar-refractivity contribution in [2.75, 3.05) is 4.31 Å². The molecule has 0 spiro atoms. The summed E-state index contributed by atoms with van der Waals surface area (Å²) in [5.41, 5.74) is 1.82. The standard InChI is InChI=1S/C20H18FNO2S/c1-16-14-18(21)12-13-20(16)25(23,24)22(19-10-6-3-7-11-19)15-17-8-4-2-5-9-17/h2-14H,15H2,1H3. The van der Waals surface area contributed by atoms with Crippen LogP contribution in [0.1, 0.15) is 11.1 Å². The number of benzene rings is 3. The van der Waals surface area contributed by atoms with Crippen LogP contribution in [-0.4, -0.2) is 8.42 Å². The minimum atomic E-state index is -3.83. The van der Waals surface area contributed by atoms with Crippen molar-refractivity contribution in [1.29, 1.82) is 0 Å². The van der Waals surface area contributed by atoms with Gasteiger partial charge in [-0.05, 0) is 48.4 Å². The van der Waals surface area contributed by atoms with Gasteiger partial charge >= 0.3 is 0 Å². The van der Waals surface area contributed by atoms with E-state index in [1.807, 2.05) is 36.4 Å². The molecular formula is C20H18FNO2S. The maximum absolute atomic E-state index is 13.4. The first-order valence-electron chi connectivity index (χ1n) is 7.86. The normalized spacial score (nSPS) is 11.3. The number of para-hydroxylation sites is 1. The molecule has 3 rings (SSSR count). The van der Waals surface area contributed by atoms with E-state index < -0.39 is 15.8 Å². The van der Waals surface area contributed by atoms with E-state index in [0.717, 1.165) is 5.56 Å². The molecule has 0 aromatic heterocycles. The Balaban J connectivity index is 2.10. The molecule has 0 N–H and O–H groups in total. The lowest BCUT2D eigenvalue weighted by atomic mass is 10.2. The van der Waals surface area contributed by atoms with Gasteiger partial charge in [0.2, 0.25) is 0 Å². The lowest BCUT2D eigenvalue weighted by Crippen LogP contribution is -2.31. The minimum Gasteiger partial charge on any atom is -0.262 e. The maximum atomic E-state index is 13.4. The van der Waals surface area contributed by atoms with Crippen LogP contribution in [-0.2, 0) is 16.6 Å². The number of hydrogen-bond acceptors (Lipinski definition) is 2. The number of aryl methyl sites for hydroxylation is 1. The van der Waals surface area contributed by atoms with Gasteiger partial charge in [0.15, 0.2) is 0 Å². The van der Waals surface area contributed by atoms with E-state index >= 15 is 0 Å². The fourth-order valence-electron chi connectivity index (χ4n) is 2.68. The van der Waals surface area contributed by atoms with Crippen LogP contribution in [0.15, 0.2) is 83.8 Å². The van der Waals surface area contributed by atoms with Gasteiger partial charge in [0.1, 0.15) is 5.82 Å². The Morgan fingerprint density at radius 2 is 1.48 bits per heavy atom. The predicted octanol–water partition coefficient (Wildman–Crippen LogP) is 4.53. The van der Waals surface area contributed by atoms with Crippen molar-refractivity contribution in [1.82, 2.24) is 0 Å². The summed E-state index contributed by atoms with van der Waals surface area (Å²) in [6.07, 6.45) is 0. The predicted molar refractivity (Wildman–Crippen MR) is 97.4 cm³/mol. The van der Waals surface area contributed by atoms with E-state index in [1.165, 1.54) is 22.5 Å². The fourth-order valence-corrected chi connectivity index (χ4v) is 4.34. The number of rotatable bonds is 5. The fraction of sp³-hybridized carbons (Fsp3) is 0.100. The number of halogens is 1. The first kappa shape index (κ1) is 17.2. The zero-order chi connectivity index (χ0) is 17.9. The van der Waals surface area contributed by atoms with Crippen molar-refractivity contribution in [3.8, 4) is 0 Å². The SMILES string of the molecule is Cc1cc(F)ccc1S(=O)(=O)N(Cc1ccccc1)c1ccccc1. The van der Waals surface area contributed by atoms with Crippen LogP contribution in [0, 0.1) is 12.7 Å². The van der Waals surface area contributed by atoms with Gasteiger partial charge in [0.25, 0.3) is 10.0 Å². The van der Waals surface area contributed by atoms with Gasteiger partial charge in [0, 0.05) is 0 Å². The zero-order valence-corrected chi connectivity index (χ0v) is 14.6. The van der Waals surface area contributed by atoms with Crippen molar-refractivity contribution >= 4 is 15.7 Å². The number of anilines is 1. The molecule has 0 atom stereocenters. The summed E-state index contributed by atoms with van der Waals surface area (Å²) in [7, 11) is -3.83. The summed E-state index contributed by atoms with van der Waals surface area (Å²) in [4.78, 5) is 0.105. The molecule has 0 unspecified atom stereocenters. The minimum absolute atomic E-state index is 0.105. The summed E-state index contributed by atoms with van der Waals surface area (Å²) < 4.78 is 41.3. The molecule has 25 heavy (non-hydrogen) atoms. The molecule has 0 aliphatic heterocycles. The Labute approximate surface area is 147 Å². The van der Waals surface area contributed by atoms with Crippen LogP contribution < -0.4 is 4.31 Å². The van der Waals surface area contributed by atoms with Gasteiger partial charge in [0.05, 0.1) is 17.1 Å². The Kier molecular flexibility index (Phi) is 4.86. The average Bonchev–Trinajstić information content (AvgIpc) is 2.61. The second-order valence-electron chi connectivity index (χ2n) is 5.74. The Hall–Kier alpha value is -2.66. The number of hydrogen-bond donors (Lipinski definition) is 0. The van der Waals surface area contributed by atoms with Crippen LogP contribution in [0.3, 0.4) is 0 Å². The molecule has 0 heterocycles. The van der Waals surface area contributed by atoms with Gasteiger partial charge in [-0.2, -0.15) is 0 Å². The molecule has 3 aromatic carbocycles. The second-order valence-corrected chi connectivity index (χ2v) is 7.57. The Bertz CT molecular complexity index is 958. The van der Waals surface area contributed by atoms with Crippen molar-refractivity contribution < 1.29 is 12.8 Å². The lowest BCUT2D eigenvalue weighted by Gasteiger charge is -2.25. The van der Waals surface area contributed by atoms with E-state index in [2.05, 4.69) is 0 Å². The lowest BCUT2D eigenvalue weighted by molar-refractivity contribution is 0.588. The Morgan fingerprint density at radius 3 is 2.08 bits per heavy atom. The third-order valence-electron chi connectivity index (χ3n) is 3.92. The first-order chi connectivity index (χ1) is 12.0.